The standard InChI is InChI=1S/C15H14N2O8S2/c18-11-2-1-9(6-10(11)15(22)23)27(24,25)17-12-5-8(7-26-12)14(21)16-4-3-13(19)20/h1-2,5-7,17-18H,3-4H2,(H,16,21)(H,19,20)(H,22,23). The number of hydrogen-bond donors (Lipinski definition) is 5. The van der Waals surface area contributed by atoms with Crippen LogP contribution in [0.15, 0.2) is 34.5 Å². The molecule has 5 N–H and O–H groups in total. The molecule has 0 fully saturated rings. The Balaban J connectivity index is 2.14. The molecule has 0 aliphatic heterocycles. The van der Waals surface area contributed by atoms with Gasteiger partial charge in [0, 0.05) is 11.9 Å². The quantitative estimate of drug-likeness (QED) is 0.428. The third-order valence-electron chi connectivity index (χ3n) is 3.23. The van der Waals surface area contributed by atoms with Gasteiger partial charge in [-0.2, -0.15) is 0 Å². The molecule has 1 aromatic heterocycles. The summed E-state index contributed by atoms with van der Waals surface area (Å²) < 4.78 is 26.9. The number of aliphatic carboxylic acids is 1. The Morgan fingerprint density at radius 3 is 2.44 bits per heavy atom. The number of carboxylic acids is 2. The number of anilines is 1. The first-order chi connectivity index (χ1) is 12.6. The minimum Gasteiger partial charge on any atom is -0.507 e. The van der Waals surface area contributed by atoms with Crippen LogP contribution in [0.1, 0.15) is 27.1 Å². The van der Waals surface area contributed by atoms with E-state index in [1.54, 1.807) is 0 Å². The molecule has 0 radical (unpaired) electrons. The van der Waals surface area contributed by atoms with Crippen LogP contribution in [0.25, 0.3) is 0 Å². The van der Waals surface area contributed by atoms with Gasteiger partial charge in [-0.15, -0.1) is 11.3 Å². The molecule has 2 rings (SSSR count). The number of carboxylic acid groups (broad SMARTS) is 2. The number of carbonyl (C=O) groups is 3. The van der Waals surface area contributed by atoms with E-state index in [1.165, 1.54) is 11.4 Å². The lowest BCUT2D eigenvalue weighted by Crippen LogP contribution is -2.25. The zero-order valence-corrected chi connectivity index (χ0v) is 15.1. The molecule has 0 aliphatic carbocycles. The number of aromatic hydroxyl groups is 1. The molecular weight excluding hydrogens is 400 g/mol. The van der Waals surface area contributed by atoms with Gasteiger partial charge in [0.2, 0.25) is 0 Å². The maximum atomic E-state index is 12.4. The first kappa shape index (κ1) is 20.2. The minimum absolute atomic E-state index is 0.0729. The summed E-state index contributed by atoms with van der Waals surface area (Å²) in [7, 11) is -4.15. The van der Waals surface area contributed by atoms with Crippen molar-refractivity contribution < 1.29 is 38.1 Å². The van der Waals surface area contributed by atoms with Crippen LogP contribution in [-0.2, 0) is 14.8 Å². The van der Waals surface area contributed by atoms with Crippen molar-refractivity contribution in [2.45, 2.75) is 11.3 Å². The van der Waals surface area contributed by atoms with Gasteiger partial charge in [-0.25, -0.2) is 13.2 Å². The van der Waals surface area contributed by atoms with Crippen LogP contribution in [0.2, 0.25) is 0 Å². The van der Waals surface area contributed by atoms with Crippen LogP contribution in [0, 0.1) is 0 Å². The average molecular weight is 414 g/mol. The number of amides is 1. The Bertz CT molecular complexity index is 997. The third-order valence-corrected chi connectivity index (χ3v) is 5.57. The first-order valence-electron chi connectivity index (χ1n) is 7.28. The van der Waals surface area contributed by atoms with Crippen molar-refractivity contribution in [1.82, 2.24) is 5.32 Å². The van der Waals surface area contributed by atoms with Gasteiger partial charge in [0.25, 0.3) is 15.9 Å². The second kappa shape index (κ2) is 8.05. The largest absolute Gasteiger partial charge is 0.507 e. The van der Waals surface area contributed by atoms with E-state index in [2.05, 4.69) is 10.0 Å². The number of sulfonamides is 1. The molecule has 0 bridgehead atoms. The maximum Gasteiger partial charge on any atom is 0.339 e. The van der Waals surface area contributed by atoms with Gasteiger partial charge in [-0.3, -0.25) is 14.3 Å². The Hall–Kier alpha value is -3.12. The fourth-order valence-corrected chi connectivity index (χ4v) is 4.05. The van der Waals surface area contributed by atoms with Crippen molar-refractivity contribution >= 4 is 44.2 Å². The molecule has 1 aromatic carbocycles. The zero-order valence-electron chi connectivity index (χ0n) is 13.5. The van der Waals surface area contributed by atoms with E-state index in [0.29, 0.717) is 0 Å². The highest BCUT2D eigenvalue weighted by Crippen LogP contribution is 2.26. The summed E-state index contributed by atoms with van der Waals surface area (Å²) in [6, 6.07) is 4.06. The fraction of sp³-hybridized carbons (Fsp3) is 0.133. The lowest BCUT2D eigenvalue weighted by atomic mass is 10.2. The molecule has 0 aliphatic rings. The predicted octanol–water partition coefficient (Wildman–Crippen LogP) is 1.16. The number of nitrogens with one attached hydrogen (secondary N) is 2. The second-order valence-electron chi connectivity index (χ2n) is 5.19. The molecule has 144 valence electrons. The minimum atomic E-state index is -4.15. The summed E-state index contributed by atoms with van der Waals surface area (Å²) in [6.07, 6.45) is -0.248. The fourth-order valence-electron chi connectivity index (χ4n) is 1.94. The highest BCUT2D eigenvalue weighted by Gasteiger charge is 2.20. The Morgan fingerprint density at radius 2 is 1.81 bits per heavy atom. The molecule has 0 spiro atoms. The van der Waals surface area contributed by atoms with Crippen molar-refractivity contribution in [3.8, 4) is 5.75 Å². The molecule has 0 saturated carbocycles. The molecule has 0 atom stereocenters. The zero-order chi connectivity index (χ0) is 20.2. The van der Waals surface area contributed by atoms with Gasteiger partial charge in [0.05, 0.1) is 16.9 Å². The second-order valence-corrected chi connectivity index (χ2v) is 7.78. The number of aromatic carboxylic acids is 1. The van der Waals surface area contributed by atoms with Crippen LogP contribution in [0.5, 0.6) is 5.75 Å². The van der Waals surface area contributed by atoms with Crippen LogP contribution < -0.4 is 10.0 Å². The summed E-state index contributed by atoms with van der Waals surface area (Å²) in [6.45, 7) is -0.0729. The van der Waals surface area contributed by atoms with E-state index < -0.39 is 39.2 Å². The summed E-state index contributed by atoms with van der Waals surface area (Å²) in [5.74, 6) is -3.68. The monoisotopic (exact) mass is 414 g/mol. The highest BCUT2D eigenvalue weighted by atomic mass is 32.2. The van der Waals surface area contributed by atoms with E-state index in [1.807, 2.05) is 0 Å². The summed E-state index contributed by atoms with van der Waals surface area (Å²) >= 11 is 0.920. The molecule has 10 nitrogen and oxygen atoms in total. The lowest BCUT2D eigenvalue weighted by Gasteiger charge is -2.07. The van der Waals surface area contributed by atoms with Crippen molar-refractivity contribution in [2.24, 2.45) is 0 Å². The van der Waals surface area contributed by atoms with Crippen molar-refractivity contribution in [2.75, 3.05) is 11.3 Å². The maximum absolute atomic E-state index is 12.4. The van der Waals surface area contributed by atoms with Crippen LogP contribution in [0.3, 0.4) is 0 Å². The number of phenols is 1. The third kappa shape index (κ3) is 5.18. The van der Waals surface area contributed by atoms with Gasteiger partial charge < -0.3 is 20.6 Å². The molecule has 0 saturated heterocycles. The number of thiophene rings is 1. The van der Waals surface area contributed by atoms with E-state index in [4.69, 9.17) is 10.2 Å². The lowest BCUT2D eigenvalue weighted by molar-refractivity contribution is -0.136. The topological polar surface area (TPSA) is 170 Å². The van der Waals surface area contributed by atoms with Gasteiger partial charge in [0.1, 0.15) is 16.3 Å². The number of hydrogen-bond acceptors (Lipinski definition) is 7. The first-order valence-corrected chi connectivity index (χ1v) is 9.64. The number of rotatable bonds is 8. The summed E-state index contributed by atoms with van der Waals surface area (Å²) in [4.78, 5) is 32.9. The van der Waals surface area contributed by atoms with E-state index in [9.17, 15) is 27.9 Å². The van der Waals surface area contributed by atoms with Gasteiger partial charge in [-0.1, -0.05) is 0 Å². The van der Waals surface area contributed by atoms with Crippen molar-refractivity contribution in [3.63, 3.8) is 0 Å². The van der Waals surface area contributed by atoms with Crippen molar-refractivity contribution in [3.05, 3.63) is 40.8 Å². The highest BCUT2D eigenvalue weighted by molar-refractivity contribution is 7.93. The SMILES string of the molecule is O=C(O)CCNC(=O)c1csc(NS(=O)(=O)c2ccc(O)c(C(=O)O)c2)c1. The normalized spacial score (nSPS) is 11.0. The van der Waals surface area contributed by atoms with Gasteiger partial charge in [0.15, 0.2) is 0 Å². The van der Waals surface area contributed by atoms with Crippen molar-refractivity contribution in [1.29, 1.82) is 0 Å². The van der Waals surface area contributed by atoms with E-state index in [0.717, 1.165) is 29.5 Å². The summed E-state index contributed by atoms with van der Waals surface area (Å²) in [5, 5.41) is 30.8. The van der Waals surface area contributed by atoms with Crippen LogP contribution in [-0.4, -0.2) is 48.1 Å². The Morgan fingerprint density at radius 1 is 1.11 bits per heavy atom. The molecule has 12 heteroatoms. The Kier molecular flexibility index (Phi) is 6.02. The predicted molar refractivity (Wildman–Crippen MR) is 94.8 cm³/mol. The molecular formula is C15H14N2O8S2. The molecule has 0 unspecified atom stereocenters. The molecule has 1 amide bonds. The number of carbonyl (C=O) groups excluding carboxylic acids is 1. The van der Waals surface area contributed by atoms with E-state index in [-0.39, 0.29) is 28.4 Å². The van der Waals surface area contributed by atoms with E-state index >= 15 is 0 Å². The molecule has 27 heavy (non-hydrogen) atoms. The smallest absolute Gasteiger partial charge is 0.339 e. The van der Waals surface area contributed by atoms with Gasteiger partial charge >= 0.3 is 11.9 Å². The van der Waals surface area contributed by atoms with Crippen LogP contribution in [0.4, 0.5) is 5.00 Å². The molecule has 1 heterocycles. The average Bonchev–Trinajstić information content (AvgIpc) is 3.02. The molecule has 2 aromatic rings. The number of benzene rings is 1. The summed E-state index contributed by atoms with van der Waals surface area (Å²) in [5.41, 5.74) is -0.428. The van der Waals surface area contributed by atoms with Crippen LogP contribution >= 0.6 is 11.3 Å². The van der Waals surface area contributed by atoms with Gasteiger partial charge in [-0.05, 0) is 24.3 Å². The Labute approximate surface area is 157 Å².